The maximum absolute atomic E-state index is 11.3. The lowest BCUT2D eigenvalue weighted by Crippen LogP contribution is -2.02. The van der Waals surface area contributed by atoms with Gasteiger partial charge in [-0.3, -0.25) is 9.59 Å². The second-order valence-electron chi connectivity index (χ2n) is 3.54. The molecule has 0 bridgehead atoms. The Labute approximate surface area is 94.4 Å². The molecule has 0 aromatic heterocycles. The number of allylic oxidation sites excluding steroid dienone is 2. The molecule has 3 nitrogen and oxygen atoms in total. The lowest BCUT2D eigenvalue weighted by molar-refractivity contribution is -0.118. The Bertz CT molecular complexity index is 404. The van der Waals surface area contributed by atoms with E-state index in [-0.39, 0.29) is 5.78 Å². The van der Waals surface area contributed by atoms with Crippen molar-refractivity contribution in [3.63, 3.8) is 0 Å². The van der Waals surface area contributed by atoms with E-state index in [1.54, 1.807) is 0 Å². The van der Waals surface area contributed by atoms with Crippen molar-refractivity contribution in [2.24, 2.45) is 0 Å². The summed E-state index contributed by atoms with van der Waals surface area (Å²) in [6.07, 6.45) is 1.90. The quantitative estimate of drug-likeness (QED) is 0.609. The Morgan fingerprint density at radius 1 is 1.25 bits per heavy atom. The molecule has 3 heteroatoms. The van der Waals surface area contributed by atoms with Crippen molar-refractivity contribution in [2.75, 3.05) is 0 Å². The summed E-state index contributed by atoms with van der Waals surface area (Å²) in [4.78, 5) is 22.0. The van der Waals surface area contributed by atoms with Crippen molar-refractivity contribution in [3.05, 3.63) is 47.7 Å². The molecule has 1 rings (SSSR count). The summed E-state index contributed by atoms with van der Waals surface area (Å²) in [7, 11) is 0. The second-order valence-corrected chi connectivity index (χ2v) is 3.54. The fraction of sp³-hybridized carbons (Fsp3) is 0.231. The van der Waals surface area contributed by atoms with Crippen LogP contribution in [0, 0.1) is 0 Å². The summed E-state index contributed by atoms with van der Waals surface area (Å²) in [5.41, 5.74) is 1.06. The number of benzene rings is 1. The molecule has 0 aliphatic carbocycles. The smallest absolute Gasteiger partial charge is 0.194 e. The number of carbonyl (C=O) groups excluding carboxylic acids is 2. The van der Waals surface area contributed by atoms with E-state index in [0.717, 1.165) is 11.6 Å². The first-order valence-corrected chi connectivity index (χ1v) is 5.08. The molecule has 1 aromatic carbocycles. The van der Waals surface area contributed by atoms with E-state index in [4.69, 9.17) is 5.11 Å². The number of aryl methyl sites for hydroxylation is 1. The Hall–Kier alpha value is -1.90. The highest BCUT2D eigenvalue weighted by Gasteiger charge is 2.04. The zero-order valence-corrected chi connectivity index (χ0v) is 9.14. The largest absolute Gasteiger partial charge is 0.504 e. The summed E-state index contributed by atoms with van der Waals surface area (Å²) in [6.45, 7) is 1.22. The van der Waals surface area contributed by atoms with E-state index in [1.807, 2.05) is 30.3 Å². The second kappa shape index (κ2) is 5.85. The van der Waals surface area contributed by atoms with Crippen molar-refractivity contribution in [3.8, 4) is 0 Å². The standard InChI is InChI=1S/C13H14O3/c1-10(14)13(16)9-12(15)8-7-11-5-3-2-4-6-11/h2-6,9,16H,7-8H2,1H3/b13-9-. The first kappa shape index (κ1) is 12.2. The van der Waals surface area contributed by atoms with Crippen LogP contribution in [0.25, 0.3) is 0 Å². The van der Waals surface area contributed by atoms with E-state index in [0.29, 0.717) is 12.8 Å². The molecule has 1 N–H and O–H groups in total. The van der Waals surface area contributed by atoms with Gasteiger partial charge in [0.1, 0.15) is 0 Å². The zero-order chi connectivity index (χ0) is 12.0. The van der Waals surface area contributed by atoms with Gasteiger partial charge in [-0.2, -0.15) is 0 Å². The minimum atomic E-state index is -0.493. The van der Waals surface area contributed by atoms with Crippen LogP contribution in [0.15, 0.2) is 42.2 Å². The molecule has 0 saturated heterocycles. The van der Waals surface area contributed by atoms with Gasteiger partial charge in [-0.05, 0) is 12.0 Å². The van der Waals surface area contributed by atoms with Crippen molar-refractivity contribution in [1.29, 1.82) is 0 Å². The molecule has 0 aliphatic rings. The SMILES string of the molecule is CC(=O)/C(O)=C/C(=O)CCc1ccccc1. The minimum Gasteiger partial charge on any atom is -0.504 e. The van der Waals surface area contributed by atoms with Crippen molar-refractivity contribution >= 4 is 11.6 Å². The highest BCUT2D eigenvalue weighted by atomic mass is 16.3. The van der Waals surface area contributed by atoms with Gasteiger partial charge < -0.3 is 5.11 Å². The molecule has 0 aliphatic heterocycles. The number of aliphatic hydroxyl groups is 1. The van der Waals surface area contributed by atoms with Crippen LogP contribution in [0.2, 0.25) is 0 Å². The van der Waals surface area contributed by atoms with Crippen LogP contribution in [0.3, 0.4) is 0 Å². The van der Waals surface area contributed by atoms with Crippen molar-refractivity contribution < 1.29 is 14.7 Å². The molecule has 0 fully saturated rings. The van der Waals surface area contributed by atoms with E-state index >= 15 is 0 Å². The van der Waals surface area contributed by atoms with E-state index in [2.05, 4.69) is 0 Å². The molecule has 0 radical (unpaired) electrons. The molecule has 0 amide bonds. The van der Waals surface area contributed by atoms with Crippen molar-refractivity contribution in [1.82, 2.24) is 0 Å². The van der Waals surface area contributed by atoms with Gasteiger partial charge in [0, 0.05) is 19.4 Å². The Morgan fingerprint density at radius 2 is 1.88 bits per heavy atom. The summed E-state index contributed by atoms with van der Waals surface area (Å²) in [6, 6.07) is 9.59. The number of aliphatic hydroxyl groups excluding tert-OH is 1. The summed E-state index contributed by atoms with van der Waals surface area (Å²) >= 11 is 0. The number of Topliss-reactive ketones (excluding diaryl/α,β-unsaturated/α-hetero) is 1. The first-order valence-electron chi connectivity index (χ1n) is 5.08. The molecule has 0 unspecified atom stereocenters. The zero-order valence-electron chi connectivity index (χ0n) is 9.14. The summed E-state index contributed by atoms with van der Waals surface area (Å²) < 4.78 is 0. The lowest BCUT2D eigenvalue weighted by Gasteiger charge is -1.98. The van der Waals surface area contributed by atoms with E-state index < -0.39 is 11.5 Å². The van der Waals surface area contributed by atoms with Crippen LogP contribution in [-0.4, -0.2) is 16.7 Å². The predicted molar refractivity (Wildman–Crippen MR) is 61.2 cm³/mol. The van der Waals surface area contributed by atoms with Gasteiger partial charge in [-0.25, -0.2) is 0 Å². The summed E-state index contributed by atoms with van der Waals surface area (Å²) in [5.74, 6) is -1.21. The van der Waals surface area contributed by atoms with E-state index in [1.165, 1.54) is 6.92 Å². The first-order chi connectivity index (χ1) is 7.59. The van der Waals surface area contributed by atoms with E-state index in [9.17, 15) is 9.59 Å². The molecular weight excluding hydrogens is 204 g/mol. The summed E-state index contributed by atoms with van der Waals surface area (Å²) in [5, 5.41) is 9.08. The van der Waals surface area contributed by atoms with Crippen LogP contribution >= 0.6 is 0 Å². The van der Waals surface area contributed by atoms with Crippen LogP contribution in [-0.2, 0) is 16.0 Å². The number of rotatable bonds is 5. The van der Waals surface area contributed by atoms with Gasteiger partial charge in [-0.15, -0.1) is 0 Å². The fourth-order valence-corrected chi connectivity index (χ4v) is 1.24. The fourth-order valence-electron chi connectivity index (χ4n) is 1.24. The molecule has 0 atom stereocenters. The van der Waals surface area contributed by atoms with Crippen LogP contribution < -0.4 is 0 Å². The maximum atomic E-state index is 11.3. The topological polar surface area (TPSA) is 54.4 Å². The van der Waals surface area contributed by atoms with Gasteiger partial charge in [0.15, 0.2) is 17.3 Å². The van der Waals surface area contributed by atoms with Gasteiger partial charge in [-0.1, -0.05) is 30.3 Å². The number of ketones is 2. The third kappa shape index (κ3) is 4.09. The van der Waals surface area contributed by atoms with Gasteiger partial charge >= 0.3 is 0 Å². The molecule has 0 saturated carbocycles. The van der Waals surface area contributed by atoms with Crippen LogP contribution in [0.1, 0.15) is 18.9 Å². The molecular formula is C13H14O3. The molecule has 1 aromatic rings. The van der Waals surface area contributed by atoms with Crippen molar-refractivity contribution in [2.45, 2.75) is 19.8 Å². The molecule has 0 spiro atoms. The Morgan fingerprint density at radius 3 is 2.44 bits per heavy atom. The number of carbonyl (C=O) groups is 2. The number of hydrogen-bond donors (Lipinski definition) is 1. The van der Waals surface area contributed by atoms with Gasteiger partial charge in [0.2, 0.25) is 0 Å². The highest BCUT2D eigenvalue weighted by molar-refractivity contribution is 5.99. The third-order valence-electron chi connectivity index (χ3n) is 2.16. The minimum absolute atomic E-state index is 0.239. The molecule has 0 heterocycles. The maximum Gasteiger partial charge on any atom is 0.194 e. The normalized spacial score (nSPS) is 11.2. The predicted octanol–water partition coefficient (Wildman–Crippen LogP) is 2.22. The molecule has 16 heavy (non-hydrogen) atoms. The third-order valence-corrected chi connectivity index (χ3v) is 2.16. The highest BCUT2D eigenvalue weighted by Crippen LogP contribution is 2.04. The van der Waals surface area contributed by atoms with Gasteiger partial charge in [0.25, 0.3) is 0 Å². The lowest BCUT2D eigenvalue weighted by atomic mass is 10.1. The van der Waals surface area contributed by atoms with Crippen LogP contribution in [0.5, 0.6) is 0 Å². The van der Waals surface area contributed by atoms with Gasteiger partial charge in [0.05, 0.1) is 0 Å². The monoisotopic (exact) mass is 218 g/mol. The average molecular weight is 218 g/mol. The average Bonchev–Trinajstić information content (AvgIpc) is 2.27. The van der Waals surface area contributed by atoms with Crippen LogP contribution in [0.4, 0.5) is 0 Å². The number of hydrogen-bond acceptors (Lipinski definition) is 3. The Kier molecular flexibility index (Phi) is 4.45. The Balaban J connectivity index is 2.48. The molecule has 84 valence electrons.